The van der Waals surface area contributed by atoms with Crippen molar-refractivity contribution in [3.8, 4) is 0 Å². The lowest BCUT2D eigenvalue weighted by atomic mass is 10.0. The zero-order valence-corrected chi connectivity index (χ0v) is 11.2. The minimum atomic E-state index is -0.973. The van der Waals surface area contributed by atoms with Gasteiger partial charge in [-0.1, -0.05) is 25.1 Å². The van der Waals surface area contributed by atoms with E-state index in [1.165, 1.54) is 11.9 Å². The van der Waals surface area contributed by atoms with Crippen molar-refractivity contribution in [1.29, 1.82) is 0 Å². The topological polar surface area (TPSA) is 57.6 Å². The SMILES string of the molecule is CCC(C(=O)O)N(C)C(=O)c1c(C)cccc1C. The van der Waals surface area contributed by atoms with Crippen molar-refractivity contribution in [3.63, 3.8) is 0 Å². The molecular weight excluding hydrogens is 230 g/mol. The molecule has 1 unspecified atom stereocenters. The summed E-state index contributed by atoms with van der Waals surface area (Å²) < 4.78 is 0. The molecule has 0 heterocycles. The van der Waals surface area contributed by atoms with Crippen LogP contribution in [0.4, 0.5) is 0 Å². The van der Waals surface area contributed by atoms with E-state index in [0.29, 0.717) is 12.0 Å². The Labute approximate surface area is 107 Å². The first-order valence-corrected chi connectivity index (χ1v) is 5.96. The van der Waals surface area contributed by atoms with Crippen molar-refractivity contribution in [1.82, 2.24) is 4.90 Å². The highest BCUT2D eigenvalue weighted by Gasteiger charge is 2.26. The lowest BCUT2D eigenvalue weighted by Gasteiger charge is -2.25. The molecule has 0 fully saturated rings. The monoisotopic (exact) mass is 249 g/mol. The van der Waals surface area contributed by atoms with Crippen molar-refractivity contribution in [3.05, 3.63) is 34.9 Å². The fraction of sp³-hybridized carbons (Fsp3) is 0.429. The van der Waals surface area contributed by atoms with Crippen LogP contribution in [0.5, 0.6) is 0 Å². The number of aryl methyl sites for hydroxylation is 2. The second-order valence-corrected chi connectivity index (χ2v) is 4.45. The Morgan fingerprint density at radius 1 is 1.28 bits per heavy atom. The summed E-state index contributed by atoms with van der Waals surface area (Å²) in [5, 5.41) is 9.08. The van der Waals surface area contributed by atoms with E-state index in [4.69, 9.17) is 5.11 Å². The highest BCUT2D eigenvalue weighted by Crippen LogP contribution is 2.17. The third-order valence-electron chi connectivity index (χ3n) is 3.15. The smallest absolute Gasteiger partial charge is 0.326 e. The summed E-state index contributed by atoms with van der Waals surface area (Å²) in [4.78, 5) is 24.7. The molecule has 1 amide bonds. The van der Waals surface area contributed by atoms with Gasteiger partial charge in [0.2, 0.25) is 0 Å². The van der Waals surface area contributed by atoms with Gasteiger partial charge in [0.15, 0.2) is 0 Å². The molecule has 0 spiro atoms. The number of benzene rings is 1. The van der Waals surface area contributed by atoms with Crippen LogP contribution in [0.15, 0.2) is 18.2 Å². The van der Waals surface area contributed by atoms with Gasteiger partial charge in [-0.3, -0.25) is 4.79 Å². The number of likely N-dealkylation sites (N-methyl/N-ethyl adjacent to an activating group) is 1. The van der Waals surface area contributed by atoms with E-state index in [1.807, 2.05) is 32.0 Å². The third-order valence-corrected chi connectivity index (χ3v) is 3.15. The Hall–Kier alpha value is -1.84. The van der Waals surface area contributed by atoms with Crippen molar-refractivity contribution < 1.29 is 14.7 Å². The molecule has 0 saturated carbocycles. The van der Waals surface area contributed by atoms with Crippen LogP contribution in [-0.2, 0) is 4.79 Å². The van der Waals surface area contributed by atoms with Gasteiger partial charge in [-0.15, -0.1) is 0 Å². The number of amides is 1. The number of carbonyl (C=O) groups is 2. The standard InChI is InChI=1S/C14H19NO3/c1-5-11(14(17)18)15(4)13(16)12-9(2)7-6-8-10(12)3/h6-8,11H,5H2,1-4H3,(H,17,18). The Kier molecular flexibility index (Phi) is 4.48. The highest BCUT2D eigenvalue weighted by molar-refractivity contribution is 5.98. The molecule has 1 aromatic carbocycles. The molecule has 98 valence electrons. The number of aliphatic carboxylic acids is 1. The summed E-state index contributed by atoms with van der Waals surface area (Å²) in [5.41, 5.74) is 2.33. The van der Waals surface area contributed by atoms with Gasteiger partial charge in [0.05, 0.1) is 0 Å². The number of carboxylic acid groups (broad SMARTS) is 1. The second kappa shape index (κ2) is 5.67. The van der Waals surface area contributed by atoms with Crippen LogP contribution in [0.1, 0.15) is 34.8 Å². The highest BCUT2D eigenvalue weighted by atomic mass is 16.4. The molecule has 1 atom stereocenters. The number of hydrogen-bond donors (Lipinski definition) is 1. The Morgan fingerprint density at radius 3 is 2.17 bits per heavy atom. The quantitative estimate of drug-likeness (QED) is 0.890. The molecule has 0 aromatic heterocycles. The molecule has 4 nitrogen and oxygen atoms in total. The normalized spacial score (nSPS) is 12.0. The first kappa shape index (κ1) is 14.2. The van der Waals surface area contributed by atoms with Gasteiger partial charge >= 0.3 is 5.97 Å². The van der Waals surface area contributed by atoms with Crippen molar-refractivity contribution in [2.24, 2.45) is 0 Å². The molecule has 1 rings (SSSR count). The molecule has 0 bridgehead atoms. The maximum atomic E-state index is 12.4. The number of nitrogens with zero attached hydrogens (tertiary/aromatic N) is 1. The first-order valence-electron chi connectivity index (χ1n) is 5.96. The molecule has 1 N–H and O–H groups in total. The van der Waals surface area contributed by atoms with E-state index >= 15 is 0 Å². The number of rotatable bonds is 4. The average molecular weight is 249 g/mol. The molecule has 1 aromatic rings. The van der Waals surface area contributed by atoms with E-state index in [9.17, 15) is 9.59 Å². The molecule has 0 aliphatic carbocycles. The van der Waals surface area contributed by atoms with Crippen LogP contribution in [0.25, 0.3) is 0 Å². The predicted molar refractivity (Wildman–Crippen MR) is 69.7 cm³/mol. The molecular formula is C14H19NO3. The fourth-order valence-corrected chi connectivity index (χ4v) is 2.08. The maximum absolute atomic E-state index is 12.4. The summed E-state index contributed by atoms with van der Waals surface area (Å²) in [6, 6.07) is 4.82. The zero-order chi connectivity index (χ0) is 13.9. The first-order chi connectivity index (χ1) is 8.40. The lowest BCUT2D eigenvalue weighted by Crippen LogP contribution is -2.42. The van der Waals surface area contributed by atoms with E-state index in [1.54, 1.807) is 6.92 Å². The van der Waals surface area contributed by atoms with Crippen LogP contribution in [0.3, 0.4) is 0 Å². The molecule has 0 aliphatic heterocycles. The third kappa shape index (κ3) is 2.70. The number of carbonyl (C=O) groups excluding carboxylic acids is 1. The van der Waals surface area contributed by atoms with E-state index in [0.717, 1.165) is 11.1 Å². The van der Waals surface area contributed by atoms with Crippen LogP contribution in [0.2, 0.25) is 0 Å². The second-order valence-electron chi connectivity index (χ2n) is 4.45. The lowest BCUT2D eigenvalue weighted by molar-refractivity contribution is -0.142. The fourth-order valence-electron chi connectivity index (χ4n) is 2.08. The summed E-state index contributed by atoms with van der Waals surface area (Å²) in [6.45, 7) is 5.47. The van der Waals surface area contributed by atoms with E-state index < -0.39 is 12.0 Å². The van der Waals surface area contributed by atoms with Crippen LogP contribution in [-0.4, -0.2) is 35.0 Å². The summed E-state index contributed by atoms with van der Waals surface area (Å²) >= 11 is 0. The van der Waals surface area contributed by atoms with Crippen LogP contribution < -0.4 is 0 Å². The molecule has 0 saturated heterocycles. The Balaban J connectivity index is 3.11. The number of hydrogen-bond acceptors (Lipinski definition) is 2. The van der Waals surface area contributed by atoms with Crippen LogP contribution >= 0.6 is 0 Å². The van der Waals surface area contributed by atoms with Crippen molar-refractivity contribution in [2.45, 2.75) is 33.2 Å². The number of carboxylic acids is 1. The Bertz CT molecular complexity index is 448. The van der Waals surface area contributed by atoms with E-state index in [-0.39, 0.29) is 5.91 Å². The van der Waals surface area contributed by atoms with Gasteiger partial charge < -0.3 is 10.0 Å². The minimum Gasteiger partial charge on any atom is -0.480 e. The molecule has 0 aliphatic rings. The molecule has 0 radical (unpaired) electrons. The van der Waals surface area contributed by atoms with Gasteiger partial charge in [0.25, 0.3) is 5.91 Å². The van der Waals surface area contributed by atoms with Gasteiger partial charge in [0, 0.05) is 12.6 Å². The van der Waals surface area contributed by atoms with Gasteiger partial charge in [-0.25, -0.2) is 4.79 Å². The van der Waals surface area contributed by atoms with Crippen molar-refractivity contribution in [2.75, 3.05) is 7.05 Å². The van der Waals surface area contributed by atoms with Crippen LogP contribution in [0, 0.1) is 13.8 Å². The zero-order valence-electron chi connectivity index (χ0n) is 11.2. The minimum absolute atomic E-state index is 0.236. The summed E-state index contributed by atoms with van der Waals surface area (Å²) in [6.07, 6.45) is 0.391. The molecule has 18 heavy (non-hydrogen) atoms. The summed E-state index contributed by atoms with van der Waals surface area (Å²) in [5.74, 6) is -1.21. The average Bonchev–Trinajstić information content (AvgIpc) is 2.28. The van der Waals surface area contributed by atoms with E-state index in [2.05, 4.69) is 0 Å². The maximum Gasteiger partial charge on any atom is 0.326 e. The van der Waals surface area contributed by atoms with Gasteiger partial charge in [-0.05, 0) is 31.4 Å². The molecule has 4 heteroatoms. The largest absolute Gasteiger partial charge is 0.480 e. The summed E-state index contributed by atoms with van der Waals surface area (Å²) in [7, 11) is 1.54. The van der Waals surface area contributed by atoms with Gasteiger partial charge in [-0.2, -0.15) is 0 Å². The Morgan fingerprint density at radius 2 is 1.78 bits per heavy atom. The van der Waals surface area contributed by atoms with Crippen molar-refractivity contribution >= 4 is 11.9 Å². The van der Waals surface area contributed by atoms with Gasteiger partial charge in [0.1, 0.15) is 6.04 Å². The predicted octanol–water partition coefficient (Wildman–Crippen LogP) is 2.24.